The molecule has 21 saturated heterocycles. The second-order valence-electron chi connectivity index (χ2n) is 26.0. The summed E-state index contributed by atoms with van der Waals surface area (Å²) in [5, 5.41) is 237. The van der Waals surface area contributed by atoms with Gasteiger partial charge in [0.25, 0.3) is 0 Å². The number of ether oxygens (including phenoxy) is 16. The number of hydrogen-bond acceptors (Lipinski definition) is 41. The molecule has 0 spiro atoms. The van der Waals surface area contributed by atoms with Crippen molar-refractivity contribution in [1.29, 1.82) is 0 Å². The molecule has 16 unspecified atom stereocenters. The number of aliphatic hydroxyl groups excluding tert-OH is 19. The Bertz CT molecular complexity index is 2610. The van der Waals surface area contributed by atoms with Crippen LogP contribution in [-0.2, 0) is 95.0 Å². The van der Waals surface area contributed by atoms with Gasteiger partial charge in [-0.25, -0.2) is 0 Å². The third kappa shape index (κ3) is 21.0. The van der Waals surface area contributed by atoms with Gasteiger partial charge in [0.05, 0.1) is 83.5 Å². The molecule has 103 heavy (non-hydrogen) atoms. The molecular weight excluding hydrogens is 1440 g/mol. The predicted molar refractivity (Wildman–Crippen MR) is 333 cm³/mol. The number of Topliss-reactive ketones (excluding diaryl/α,β-unsaturated/α-hetero) is 2. The second kappa shape index (κ2) is 40.0. The quantitative estimate of drug-likeness (QED) is 0.0340. The molecule has 14 bridgehead atoms. The first-order valence-corrected chi connectivity index (χ1v) is 35.8. The number of ketones is 2. The van der Waals surface area contributed by atoms with Gasteiger partial charge in [-0.2, -0.15) is 23.5 Å². The van der Waals surface area contributed by atoms with Crippen molar-refractivity contribution in [3.05, 3.63) is 0 Å². The van der Waals surface area contributed by atoms with Gasteiger partial charge in [0.15, 0.2) is 44.0 Å². The molecule has 41 nitrogen and oxygen atoms in total. The fraction of sp³-hybridized carbons (Fsp3) is 0.933. The van der Waals surface area contributed by atoms with E-state index in [-0.39, 0.29) is 68.7 Å². The van der Waals surface area contributed by atoms with Crippen LogP contribution >= 0.6 is 23.5 Å². The van der Waals surface area contributed by atoms with Crippen LogP contribution in [0.4, 0.5) is 0 Å². The molecule has 0 saturated carbocycles. The molecule has 0 aliphatic carbocycles. The first-order chi connectivity index (χ1) is 49.0. The van der Waals surface area contributed by atoms with E-state index in [1.54, 1.807) is 6.92 Å². The first kappa shape index (κ1) is 86.2. The van der Waals surface area contributed by atoms with E-state index in [1.807, 2.05) is 0 Å². The second-order valence-corrected chi connectivity index (χ2v) is 28.2. The summed E-state index contributed by atoms with van der Waals surface area (Å²) < 4.78 is 93.4. The van der Waals surface area contributed by atoms with Crippen molar-refractivity contribution < 1.29 is 202 Å². The Hall–Kier alpha value is -2.42. The smallest absolute Gasteiger partial charge is 0.307 e. The van der Waals surface area contributed by atoms with Crippen molar-refractivity contribution in [3.8, 4) is 0 Å². The maximum absolute atomic E-state index is 13.0. The van der Waals surface area contributed by atoms with Gasteiger partial charge in [-0.3, -0.25) is 19.2 Å². The van der Waals surface area contributed by atoms with E-state index in [4.69, 9.17) is 75.8 Å². The van der Waals surface area contributed by atoms with Crippen LogP contribution in [0.15, 0.2) is 0 Å². The molecule has 596 valence electrons. The Morgan fingerprint density at radius 2 is 0.563 bits per heavy atom. The summed E-state index contributed by atoms with van der Waals surface area (Å²) in [7, 11) is 0. The van der Waals surface area contributed by atoms with Crippen LogP contribution in [-0.4, -0.2) is 428 Å². The molecule has 0 aromatic rings. The number of thioether (sulfide) groups is 2. The molecule has 21 fully saturated rings. The Labute approximate surface area is 596 Å². The number of carbonyl (C=O) groups is 4. The molecule has 37 atom stereocenters. The van der Waals surface area contributed by atoms with Gasteiger partial charge in [0.2, 0.25) is 0 Å². The van der Waals surface area contributed by atoms with E-state index >= 15 is 0 Å². The molecule has 0 amide bonds. The summed E-state index contributed by atoms with van der Waals surface area (Å²) in [5.41, 5.74) is 0. The third-order valence-electron chi connectivity index (χ3n) is 18.8. The summed E-state index contributed by atoms with van der Waals surface area (Å²) in [6.07, 6.45) is -72.7. The van der Waals surface area contributed by atoms with E-state index in [0.29, 0.717) is 0 Å². The maximum atomic E-state index is 13.0. The highest BCUT2D eigenvalue weighted by Crippen LogP contribution is 2.40. The average Bonchev–Trinajstić information content (AvgIpc) is 0.785. The van der Waals surface area contributed by atoms with Gasteiger partial charge in [-0.05, 0) is 13.3 Å². The van der Waals surface area contributed by atoms with Crippen molar-refractivity contribution in [2.24, 2.45) is 11.8 Å². The van der Waals surface area contributed by atoms with E-state index in [0.717, 1.165) is 23.5 Å². The highest BCUT2D eigenvalue weighted by Gasteiger charge is 2.60. The van der Waals surface area contributed by atoms with Crippen molar-refractivity contribution in [2.45, 2.75) is 254 Å². The Morgan fingerprint density at radius 1 is 0.330 bits per heavy atom. The predicted octanol–water partition coefficient (Wildman–Crippen LogP) is -11.6. The maximum Gasteiger partial charge on any atom is 0.307 e. The van der Waals surface area contributed by atoms with Crippen LogP contribution in [0.3, 0.4) is 0 Å². The van der Waals surface area contributed by atoms with E-state index in [1.165, 1.54) is 6.92 Å². The standard InChI is InChI=1S/C60H98O41S2/c1-3-21(52(82)83)16-102-18-29-50-36(73)43(80)59(93-29)98-48-27(14-64)89-55(39(76)32(48)69)95-45-24(11-61)88-54(38(75)31(45)68)96-46-26(13-63)92-58(42(79)35(46)72)101-51-30(19-103-17-22(53(84)85)10-23(67)5-7-87-9-8-86-6-4-20(2)66)94-60(44(81)37(51)74)99-49-28(15-65)90-56(40(77)33(49)70)97-47-25(12-62)91-57(100-50)41(78)34(47)71/h21-22,24-51,54-65,68-81H,3-19H2,1-2H3,(H,82,83)(H,84,85)/t21?,22?,24?,25?,26?,27?,28?,29?,30?,31?,32?,33?,34-,35-,36?,37-,38+,39+,40+,41?,42?,43+,44?,45-,46-,47-,48-,49-,50-,51-,54-,55-,56-,57-,58-,59-,60-/m1/s1. The monoisotopic (exact) mass is 1540 g/mol. The fourth-order valence-electron chi connectivity index (χ4n) is 12.7. The summed E-state index contributed by atoms with van der Waals surface area (Å²) in [6.45, 7) is -2.28. The number of carboxylic acid groups (broad SMARTS) is 2. The van der Waals surface area contributed by atoms with Crippen LogP contribution < -0.4 is 0 Å². The van der Waals surface area contributed by atoms with Gasteiger partial charge in [0.1, 0.15) is 170 Å². The molecule has 21 aliphatic heterocycles. The molecule has 21 rings (SSSR count). The van der Waals surface area contributed by atoms with Gasteiger partial charge in [-0.15, -0.1) is 0 Å². The topological polar surface area (TPSA) is 641 Å². The molecular formula is C60H98O41S2. The lowest BCUT2D eigenvalue weighted by Crippen LogP contribution is -2.68. The molecule has 0 aromatic heterocycles. The van der Waals surface area contributed by atoms with Crippen LogP contribution in [0, 0.1) is 11.8 Å². The minimum atomic E-state index is -2.31. The normalized spacial score (nSPS) is 44.9. The number of aliphatic hydroxyl groups is 19. The average molecular weight is 1540 g/mol. The molecule has 21 N–H and O–H groups in total. The molecule has 0 aromatic carbocycles. The Balaban J connectivity index is 1.08. The van der Waals surface area contributed by atoms with Crippen molar-refractivity contribution in [2.75, 3.05) is 82.5 Å². The molecule has 21 heterocycles. The Kier molecular flexibility index (Phi) is 33.5. The third-order valence-corrected chi connectivity index (χ3v) is 21.2. The van der Waals surface area contributed by atoms with E-state index in [9.17, 15) is 126 Å². The van der Waals surface area contributed by atoms with Gasteiger partial charge in [-0.1, -0.05) is 6.92 Å². The molecule has 0 radical (unpaired) electrons. The highest BCUT2D eigenvalue weighted by atomic mass is 32.2. The zero-order chi connectivity index (χ0) is 75.4. The Morgan fingerprint density at radius 3 is 0.796 bits per heavy atom. The lowest BCUT2D eigenvalue weighted by Gasteiger charge is -2.50. The van der Waals surface area contributed by atoms with Crippen molar-refractivity contribution in [3.63, 3.8) is 0 Å². The van der Waals surface area contributed by atoms with Gasteiger partial charge < -0.3 is 183 Å². The van der Waals surface area contributed by atoms with Crippen LogP contribution in [0.2, 0.25) is 0 Å². The van der Waals surface area contributed by atoms with E-state index in [2.05, 4.69) is 0 Å². The highest BCUT2D eigenvalue weighted by molar-refractivity contribution is 7.99. The van der Waals surface area contributed by atoms with Gasteiger partial charge >= 0.3 is 11.9 Å². The fourth-order valence-corrected chi connectivity index (χ4v) is 15.2. The minimum Gasteiger partial charge on any atom is -0.481 e. The van der Waals surface area contributed by atoms with Crippen molar-refractivity contribution in [1.82, 2.24) is 0 Å². The summed E-state index contributed by atoms with van der Waals surface area (Å²) >= 11 is 1.73. The lowest BCUT2D eigenvalue weighted by molar-refractivity contribution is -0.395. The van der Waals surface area contributed by atoms with Crippen LogP contribution in [0.1, 0.15) is 39.5 Å². The van der Waals surface area contributed by atoms with Crippen LogP contribution in [0.25, 0.3) is 0 Å². The van der Waals surface area contributed by atoms with Crippen molar-refractivity contribution >= 4 is 47.0 Å². The number of carboxylic acids is 2. The largest absolute Gasteiger partial charge is 0.481 e. The zero-order valence-corrected chi connectivity index (χ0v) is 57.4. The van der Waals surface area contributed by atoms with E-state index < -0.39 is 290 Å². The zero-order valence-electron chi connectivity index (χ0n) is 55.8. The number of aliphatic carboxylic acids is 2. The SMILES string of the molecule is CCC(CSCC1O[C@@H]2O[C@@H]3C(CO)O[C@H](O[C@@H]4C(CO)O[C@H](O[C@@H]5C(CO)O[C@H](O[C@@H]6C(CSCC(CC(=O)CCOCCOCCC(C)=O)C(=O)O)O[C@H](O[C@@H]7C(CO)O[C@H](O[C@@H]8C(CO)O[C@H](O[C@H]1C(O)[C@@H]2O)C(O)[C@H]8O)[C@@H](O)C7O)C(O)[C@H]6O)C(O)[C@H]5O)[C@@H](O)C4O)[C@@H](O)C3O)C(=O)O. The molecule has 21 aliphatic rings. The summed E-state index contributed by atoms with van der Waals surface area (Å²) in [5.74, 6) is -6.75. The number of rotatable bonds is 27. The number of carbonyl (C=O) groups excluding carboxylic acids is 2. The molecule has 43 heteroatoms. The lowest BCUT2D eigenvalue weighted by atomic mass is 9.95. The summed E-state index contributed by atoms with van der Waals surface area (Å²) in [6, 6.07) is 0. The van der Waals surface area contributed by atoms with Crippen LogP contribution in [0.5, 0.6) is 0 Å². The van der Waals surface area contributed by atoms with Gasteiger partial charge in [0, 0.05) is 42.3 Å². The number of hydrogen-bond donors (Lipinski definition) is 21. The first-order valence-electron chi connectivity index (χ1n) is 33.5. The minimum absolute atomic E-state index is 0.0656. The summed E-state index contributed by atoms with van der Waals surface area (Å²) in [4.78, 5) is 48.8.